The Balaban J connectivity index is 1.91. The van der Waals surface area contributed by atoms with Crippen molar-refractivity contribution in [2.24, 2.45) is 4.99 Å². The maximum atomic E-state index is 11.8. The molecule has 1 aromatic heterocycles. The number of guanidine groups is 1. The Bertz CT molecular complexity index is 527. The smallest absolute Gasteiger partial charge is 0.243 e. The molecule has 0 spiro atoms. The molecule has 2 rings (SSSR count). The molecule has 0 aliphatic carbocycles. The standard InChI is InChI=1S/C16H27N5O2S/c1-20(2)15(22)12-19-16(18-11-13-5-4-9-23-13)21(3)8-6-14-17-7-10-24-14/h7,10,13H,4-6,8-9,11-12H2,1-3H3,(H,18,19). The van der Waals surface area contributed by atoms with E-state index < -0.39 is 0 Å². The molecule has 7 nitrogen and oxygen atoms in total. The van der Waals surface area contributed by atoms with Crippen LogP contribution in [0.5, 0.6) is 0 Å². The number of hydrogen-bond donors (Lipinski definition) is 1. The molecule has 1 unspecified atom stereocenters. The van der Waals surface area contributed by atoms with Crippen molar-refractivity contribution in [1.29, 1.82) is 0 Å². The van der Waals surface area contributed by atoms with Crippen molar-refractivity contribution < 1.29 is 9.53 Å². The van der Waals surface area contributed by atoms with Gasteiger partial charge in [-0.3, -0.25) is 4.79 Å². The molecular weight excluding hydrogens is 326 g/mol. The van der Waals surface area contributed by atoms with E-state index in [9.17, 15) is 4.79 Å². The fraction of sp³-hybridized carbons (Fsp3) is 0.688. The molecule has 0 aromatic carbocycles. The third-order valence-corrected chi connectivity index (χ3v) is 4.72. The van der Waals surface area contributed by atoms with Gasteiger partial charge in [0.2, 0.25) is 5.91 Å². The van der Waals surface area contributed by atoms with E-state index in [1.165, 1.54) is 0 Å². The highest BCUT2D eigenvalue weighted by molar-refractivity contribution is 7.09. The maximum Gasteiger partial charge on any atom is 0.243 e. The van der Waals surface area contributed by atoms with Gasteiger partial charge in [-0.1, -0.05) is 0 Å². The van der Waals surface area contributed by atoms with Crippen LogP contribution in [-0.4, -0.2) is 80.1 Å². The average molecular weight is 353 g/mol. The number of rotatable bonds is 7. The zero-order valence-electron chi connectivity index (χ0n) is 14.7. The second-order valence-electron chi connectivity index (χ2n) is 6.04. The third-order valence-electron chi connectivity index (χ3n) is 3.88. The molecule has 2 heterocycles. The predicted octanol–water partition coefficient (Wildman–Crippen LogP) is 0.830. The molecular formula is C16H27N5O2S. The number of thiazole rings is 1. The van der Waals surface area contributed by atoms with E-state index in [1.54, 1.807) is 30.3 Å². The zero-order valence-corrected chi connectivity index (χ0v) is 15.5. The summed E-state index contributed by atoms with van der Waals surface area (Å²) in [4.78, 5) is 24.2. The Hall–Kier alpha value is -1.67. The fourth-order valence-electron chi connectivity index (χ4n) is 2.35. The van der Waals surface area contributed by atoms with Crippen LogP contribution in [0.15, 0.2) is 16.6 Å². The Morgan fingerprint density at radius 3 is 2.96 bits per heavy atom. The molecule has 1 atom stereocenters. The van der Waals surface area contributed by atoms with E-state index in [-0.39, 0.29) is 18.6 Å². The lowest BCUT2D eigenvalue weighted by Gasteiger charge is -2.23. The number of carbonyl (C=O) groups excluding carboxylic acids is 1. The highest BCUT2D eigenvalue weighted by atomic mass is 32.1. The number of hydrogen-bond acceptors (Lipinski definition) is 5. The lowest BCUT2D eigenvalue weighted by molar-refractivity contribution is -0.127. The largest absolute Gasteiger partial charge is 0.376 e. The van der Waals surface area contributed by atoms with Crippen LogP contribution in [0.25, 0.3) is 0 Å². The Morgan fingerprint density at radius 1 is 1.50 bits per heavy atom. The first-order valence-electron chi connectivity index (χ1n) is 8.26. The van der Waals surface area contributed by atoms with E-state index in [4.69, 9.17) is 4.74 Å². The first-order valence-corrected chi connectivity index (χ1v) is 9.14. The molecule has 0 bridgehead atoms. The van der Waals surface area contributed by atoms with Crippen LogP contribution in [0.2, 0.25) is 0 Å². The highest BCUT2D eigenvalue weighted by Gasteiger charge is 2.17. The number of likely N-dealkylation sites (N-methyl/N-ethyl adjacent to an activating group) is 2. The lowest BCUT2D eigenvalue weighted by Crippen LogP contribution is -2.43. The van der Waals surface area contributed by atoms with Gasteiger partial charge in [-0.2, -0.15) is 0 Å². The number of nitrogens with zero attached hydrogens (tertiary/aromatic N) is 4. The number of aliphatic imine (C=N–C) groups is 1. The minimum Gasteiger partial charge on any atom is -0.376 e. The predicted molar refractivity (Wildman–Crippen MR) is 96.4 cm³/mol. The van der Waals surface area contributed by atoms with Crippen molar-refractivity contribution in [3.63, 3.8) is 0 Å². The average Bonchev–Trinajstić information content (AvgIpc) is 3.25. The Kier molecular flexibility index (Phi) is 7.45. The minimum absolute atomic E-state index is 0.0141. The summed E-state index contributed by atoms with van der Waals surface area (Å²) in [6, 6.07) is 0. The van der Waals surface area contributed by atoms with Crippen molar-refractivity contribution in [3.05, 3.63) is 16.6 Å². The number of carbonyl (C=O) groups is 1. The molecule has 24 heavy (non-hydrogen) atoms. The van der Waals surface area contributed by atoms with Gasteiger partial charge < -0.3 is 19.9 Å². The number of ether oxygens (including phenoxy) is 1. The summed E-state index contributed by atoms with van der Waals surface area (Å²) in [5.74, 6) is 0.719. The molecule has 134 valence electrons. The summed E-state index contributed by atoms with van der Waals surface area (Å²) < 4.78 is 5.65. The summed E-state index contributed by atoms with van der Waals surface area (Å²) in [5.41, 5.74) is 0. The minimum atomic E-state index is -0.0141. The topological polar surface area (TPSA) is 70.1 Å². The van der Waals surface area contributed by atoms with Crippen LogP contribution >= 0.6 is 11.3 Å². The van der Waals surface area contributed by atoms with Crippen molar-refractivity contribution in [3.8, 4) is 0 Å². The Morgan fingerprint density at radius 2 is 2.33 bits per heavy atom. The lowest BCUT2D eigenvalue weighted by atomic mass is 10.2. The second kappa shape index (κ2) is 9.58. The van der Waals surface area contributed by atoms with E-state index in [0.717, 1.165) is 49.9 Å². The van der Waals surface area contributed by atoms with E-state index in [0.29, 0.717) is 0 Å². The van der Waals surface area contributed by atoms with Gasteiger partial charge in [0.1, 0.15) is 6.54 Å². The van der Waals surface area contributed by atoms with E-state index >= 15 is 0 Å². The molecule has 0 saturated carbocycles. The van der Waals surface area contributed by atoms with Gasteiger partial charge in [0.25, 0.3) is 0 Å². The van der Waals surface area contributed by atoms with Gasteiger partial charge in [-0.15, -0.1) is 11.3 Å². The molecule has 1 saturated heterocycles. The summed E-state index contributed by atoms with van der Waals surface area (Å²) in [7, 11) is 5.46. The molecule has 1 fully saturated rings. The molecule has 1 aromatic rings. The number of amides is 1. The maximum absolute atomic E-state index is 11.8. The van der Waals surface area contributed by atoms with Gasteiger partial charge >= 0.3 is 0 Å². The summed E-state index contributed by atoms with van der Waals surface area (Å²) in [5, 5.41) is 6.43. The van der Waals surface area contributed by atoms with Crippen molar-refractivity contribution in [2.75, 3.05) is 47.4 Å². The molecule has 1 aliphatic rings. The van der Waals surface area contributed by atoms with Crippen LogP contribution < -0.4 is 5.32 Å². The van der Waals surface area contributed by atoms with Gasteiger partial charge in [0.15, 0.2) is 5.96 Å². The molecule has 1 aliphatic heterocycles. The van der Waals surface area contributed by atoms with E-state index in [2.05, 4.69) is 15.3 Å². The van der Waals surface area contributed by atoms with Crippen LogP contribution in [-0.2, 0) is 16.0 Å². The monoisotopic (exact) mass is 353 g/mol. The van der Waals surface area contributed by atoms with Gasteiger partial charge in [-0.25, -0.2) is 9.98 Å². The normalized spacial score (nSPS) is 17.8. The third kappa shape index (κ3) is 6.09. The summed E-state index contributed by atoms with van der Waals surface area (Å²) in [6.45, 7) is 2.48. The van der Waals surface area contributed by atoms with Crippen molar-refractivity contribution in [2.45, 2.75) is 25.4 Å². The van der Waals surface area contributed by atoms with Crippen LogP contribution in [0.4, 0.5) is 0 Å². The molecule has 1 amide bonds. The van der Waals surface area contributed by atoms with Gasteiger partial charge in [0, 0.05) is 58.8 Å². The Labute approximate surface area is 147 Å². The van der Waals surface area contributed by atoms with Crippen LogP contribution in [0.1, 0.15) is 17.8 Å². The molecule has 8 heteroatoms. The summed E-state index contributed by atoms with van der Waals surface area (Å²) in [6.07, 6.45) is 5.08. The molecule has 1 N–H and O–H groups in total. The van der Waals surface area contributed by atoms with Crippen molar-refractivity contribution >= 4 is 23.2 Å². The number of aromatic nitrogens is 1. The first kappa shape index (κ1) is 18.7. The second-order valence-corrected chi connectivity index (χ2v) is 7.02. The fourth-order valence-corrected chi connectivity index (χ4v) is 2.96. The van der Waals surface area contributed by atoms with Crippen LogP contribution in [0, 0.1) is 0 Å². The van der Waals surface area contributed by atoms with Gasteiger partial charge in [-0.05, 0) is 12.8 Å². The SMILES string of the molecule is CN(C)C(=O)CN=C(NCC1CCCO1)N(C)CCc1nccs1. The molecule has 0 radical (unpaired) electrons. The first-order chi connectivity index (χ1) is 11.6. The number of nitrogens with one attached hydrogen (secondary N) is 1. The van der Waals surface area contributed by atoms with Crippen LogP contribution in [0.3, 0.4) is 0 Å². The zero-order chi connectivity index (χ0) is 17.4. The van der Waals surface area contributed by atoms with Crippen molar-refractivity contribution in [1.82, 2.24) is 20.1 Å². The summed E-state index contributed by atoms with van der Waals surface area (Å²) >= 11 is 1.65. The van der Waals surface area contributed by atoms with Gasteiger partial charge in [0.05, 0.1) is 11.1 Å². The van der Waals surface area contributed by atoms with E-state index in [1.807, 2.05) is 23.5 Å². The highest BCUT2D eigenvalue weighted by Crippen LogP contribution is 2.11. The quantitative estimate of drug-likeness (QED) is 0.581.